The number of nitrogens with zero attached hydrogens (tertiary/aromatic N) is 5. The van der Waals surface area contributed by atoms with E-state index in [0.717, 1.165) is 44.4 Å². The molecule has 0 radical (unpaired) electrons. The van der Waals surface area contributed by atoms with Crippen molar-refractivity contribution in [2.45, 2.75) is 32.6 Å². The van der Waals surface area contributed by atoms with Gasteiger partial charge in [-0.25, -0.2) is 4.98 Å². The van der Waals surface area contributed by atoms with Crippen LogP contribution in [-0.4, -0.2) is 47.7 Å². The van der Waals surface area contributed by atoms with E-state index in [1.165, 1.54) is 31.2 Å². The van der Waals surface area contributed by atoms with Crippen LogP contribution in [-0.2, 0) is 0 Å². The summed E-state index contributed by atoms with van der Waals surface area (Å²) < 4.78 is 5.90. The first-order chi connectivity index (χ1) is 12.8. The molecule has 1 saturated carbocycles. The summed E-state index contributed by atoms with van der Waals surface area (Å²) in [6.45, 7) is 6.57. The second kappa shape index (κ2) is 7.89. The molecule has 1 saturated heterocycles. The molecule has 0 atom stereocenters. The molecule has 2 aromatic rings. The molecule has 6 nitrogen and oxygen atoms in total. The summed E-state index contributed by atoms with van der Waals surface area (Å²) in [4.78, 5) is 18.1. The molecule has 4 rings (SSSR count). The maximum atomic E-state index is 5.90. The van der Waals surface area contributed by atoms with Crippen molar-refractivity contribution in [2.75, 3.05) is 42.6 Å². The zero-order valence-corrected chi connectivity index (χ0v) is 15.5. The largest absolute Gasteiger partial charge is 0.476 e. The number of piperazine rings is 1. The van der Waals surface area contributed by atoms with E-state index < -0.39 is 0 Å². The Hall–Kier alpha value is -2.37. The van der Waals surface area contributed by atoms with Gasteiger partial charge in [0.05, 0.1) is 19.0 Å². The first kappa shape index (κ1) is 17.1. The highest BCUT2D eigenvalue weighted by molar-refractivity contribution is 5.45. The summed E-state index contributed by atoms with van der Waals surface area (Å²) in [6, 6.07) is 4.18. The Bertz CT molecular complexity index is 724. The molecule has 1 aliphatic carbocycles. The van der Waals surface area contributed by atoms with Crippen LogP contribution in [0.4, 0.5) is 11.6 Å². The first-order valence-electron chi connectivity index (χ1n) is 9.65. The topological polar surface area (TPSA) is 54.4 Å². The lowest BCUT2D eigenvalue weighted by Gasteiger charge is -2.36. The van der Waals surface area contributed by atoms with Gasteiger partial charge in [-0.1, -0.05) is 12.8 Å². The minimum absolute atomic E-state index is 0.650. The molecule has 138 valence electrons. The van der Waals surface area contributed by atoms with Gasteiger partial charge in [0.25, 0.3) is 0 Å². The van der Waals surface area contributed by atoms with Crippen LogP contribution in [0.25, 0.3) is 0 Å². The van der Waals surface area contributed by atoms with Gasteiger partial charge >= 0.3 is 0 Å². The fraction of sp³-hybridized carbons (Fsp3) is 0.550. The fourth-order valence-electron chi connectivity index (χ4n) is 3.80. The molecule has 2 aromatic heterocycles. The van der Waals surface area contributed by atoms with Gasteiger partial charge in [0, 0.05) is 32.4 Å². The van der Waals surface area contributed by atoms with Gasteiger partial charge in [0.2, 0.25) is 5.88 Å². The highest BCUT2D eigenvalue weighted by Gasteiger charge is 2.20. The van der Waals surface area contributed by atoms with Gasteiger partial charge in [0.15, 0.2) is 5.82 Å². The van der Waals surface area contributed by atoms with Crippen molar-refractivity contribution in [3.8, 4) is 5.88 Å². The summed E-state index contributed by atoms with van der Waals surface area (Å²) in [5.41, 5.74) is 1.25. The highest BCUT2D eigenvalue weighted by Crippen LogP contribution is 2.25. The Morgan fingerprint density at radius 2 is 1.77 bits per heavy atom. The maximum Gasteiger partial charge on any atom is 0.234 e. The monoisotopic (exact) mass is 353 g/mol. The third kappa shape index (κ3) is 4.06. The van der Waals surface area contributed by atoms with Gasteiger partial charge in [0.1, 0.15) is 5.82 Å². The summed E-state index contributed by atoms with van der Waals surface area (Å²) in [5, 5.41) is 0. The van der Waals surface area contributed by atoms with Crippen LogP contribution < -0.4 is 14.5 Å². The average Bonchev–Trinajstić information content (AvgIpc) is 3.20. The van der Waals surface area contributed by atoms with Crippen molar-refractivity contribution in [3.63, 3.8) is 0 Å². The van der Waals surface area contributed by atoms with E-state index in [9.17, 15) is 0 Å². The van der Waals surface area contributed by atoms with Crippen molar-refractivity contribution in [1.82, 2.24) is 15.0 Å². The highest BCUT2D eigenvalue weighted by atomic mass is 16.5. The molecule has 26 heavy (non-hydrogen) atoms. The van der Waals surface area contributed by atoms with Crippen LogP contribution in [0.3, 0.4) is 0 Å². The van der Waals surface area contributed by atoms with E-state index >= 15 is 0 Å². The number of hydrogen-bond acceptors (Lipinski definition) is 6. The Kier molecular flexibility index (Phi) is 5.18. The number of rotatable bonds is 5. The molecule has 0 unspecified atom stereocenters. The average molecular weight is 353 g/mol. The predicted octanol–water partition coefficient (Wildman–Crippen LogP) is 3.08. The van der Waals surface area contributed by atoms with Gasteiger partial charge in [-0.15, -0.1) is 0 Å². The zero-order valence-electron chi connectivity index (χ0n) is 15.5. The molecule has 0 N–H and O–H groups in total. The van der Waals surface area contributed by atoms with Crippen LogP contribution in [0.1, 0.15) is 31.2 Å². The lowest BCUT2D eigenvalue weighted by molar-refractivity contribution is 0.242. The summed E-state index contributed by atoms with van der Waals surface area (Å²) in [5.74, 6) is 3.30. The number of pyridine rings is 1. The van der Waals surface area contributed by atoms with E-state index in [4.69, 9.17) is 4.74 Å². The van der Waals surface area contributed by atoms with E-state index in [2.05, 4.69) is 37.7 Å². The molecule has 0 amide bonds. The predicted molar refractivity (Wildman–Crippen MR) is 103 cm³/mol. The maximum absolute atomic E-state index is 5.90. The summed E-state index contributed by atoms with van der Waals surface area (Å²) >= 11 is 0. The Morgan fingerprint density at radius 3 is 2.50 bits per heavy atom. The molecule has 0 aromatic carbocycles. The van der Waals surface area contributed by atoms with E-state index in [-0.39, 0.29) is 0 Å². The third-order valence-electron chi connectivity index (χ3n) is 5.37. The van der Waals surface area contributed by atoms with E-state index in [1.807, 2.05) is 18.5 Å². The number of hydrogen-bond donors (Lipinski definition) is 0. The van der Waals surface area contributed by atoms with Crippen molar-refractivity contribution in [1.29, 1.82) is 0 Å². The van der Waals surface area contributed by atoms with Gasteiger partial charge in [-0.05, 0) is 43.4 Å². The molecule has 0 bridgehead atoms. The number of anilines is 2. The molecule has 6 heteroatoms. The molecule has 0 spiro atoms. The standard InChI is InChI=1S/C20H27N5O/c1-16-6-7-22-18(12-16)24-8-10-25(11-9-24)19-13-21-14-20(23-19)26-15-17-4-2-3-5-17/h6-7,12-14,17H,2-5,8-11,15H2,1H3. The number of aromatic nitrogens is 3. The van der Waals surface area contributed by atoms with Crippen molar-refractivity contribution in [2.24, 2.45) is 5.92 Å². The minimum Gasteiger partial charge on any atom is -0.476 e. The lowest BCUT2D eigenvalue weighted by Crippen LogP contribution is -2.47. The van der Waals surface area contributed by atoms with Crippen molar-refractivity contribution < 1.29 is 4.74 Å². The Balaban J connectivity index is 1.34. The minimum atomic E-state index is 0.650. The Labute approximate surface area is 155 Å². The van der Waals surface area contributed by atoms with E-state index in [0.29, 0.717) is 11.8 Å². The Morgan fingerprint density at radius 1 is 1.04 bits per heavy atom. The third-order valence-corrected chi connectivity index (χ3v) is 5.37. The summed E-state index contributed by atoms with van der Waals surface area (Å²) in [7, 11) is 0. The van der Waals surface area contributed by atoms with Crippen molar-refractivity contribution >= 4 is 11.6 Å². The van der Waals surface area contributed by atoms with Crippen LogP contribution >= 0.6 is 0 Å². The van der Waals surface area contributed by atoms with Crippen LogP contribution in [0.5, 0.6) is 5.88 Å². The van der Waals surface area contributed by atoms with Gasteiger partial charge < -0.3 is 14.5 Å². The molecule has 3 heterocycles. The second-order valence-electron chi connectivity index (χ2n) is 7.34. The lowest BCUT2D eigenvalue weighted by atomic mass is 10.1. The van der Waals surface area contributed by atoms with Crippen molar-refractivity contribution in [3.05, 3.63) is 36.3 Å². The summed E-state index contributed by atoms with van der Waals surface area (Å²) in [6.07, 6.45) is 10.7. The molecule has 2 aliphatic rings. The van der Waals surface area contributed by atoms with Gasteiger partial charge in [-0.3, -0.25) is 4.98 Å². The smallest absolute Gasteiger partial charge is 0.234 e. The van der Waals surface area contributed by atoms with Crippen LogP contribution in [0.2, 0.25) is 0 Å². The van der Waals surface area contributed by atoms with Gasteiger partial charge in [-0.2, -0.15) is 4.98 Å². The fourth-order valence-corrected chi connectivity index (χ4v) is 3.80. The quantitative estimate of drug-likeness (QED) is 0.823. The number of aryl methyl sites for hydroxylation is 1. The first-order valence-corrected chi connectivity index (χ1v) is 9.65. The second-order valence-corrected chi connectivity index (χ2v) is 7.34. The molecular formula is C20H27N5O. The molecule has 1 aliphatic heterocycles. The van der Waals surface area contributed by atoms with E-state index in [1.54, 1.807) is 6.20 Å². The number of ether oxygens (including phenoxy) is 1. The SMILES string of the molecule is Cc1ccnc(N2CCN(c3cncc(OCC4CCCC4)n3)CC2)c1. The molecule has 2 fully saturated rings. The molecular weight excluding hydrogens is 326 g/mol. The zero-order chi connectivity index (χ0) is 17.8. The normalized spacial score (nSPS) is 18.3. The van der Waals surface area contributed by atoms with Crippen LogP contribution in [0.15, 0.2) is 30.7 Å². The van der Waals surface area contributed by atoms with Crippen LogP contribution in [0, 0.1) is 12.8 Å².